The van der Waals surface area contributed by atoms with E-state index in [-0.39, 0.29) is 70.0 Å². The summed E-state index contributed by atoms with van der Waals surface area (Å²) in [7, 11) is -10.1. The molecule has 0 fully saturated rings. The summed E-state index contributed by atoms with van der Waals surface area (Å²) in [6.07, 6.45) is 0.762. The van der Waals surface area contributed by atoms with Gasteiger partial charge in [-0.05, 0) is 293 Å². The number of amides is 2. The van der Waals surface area contributed by atoms with Gasteiger partial charge in [-0.2, -0.15) is 14.2 Å². The van der Waals surface area contributed by atoms with Crippen LogP contribution in [0.3, 0.4) is 0 Å². The lowest BCUT2D eigenvalue weighted by Gasteiger charge is -2.15. The molecule has 8 aromatic rings. The van der Waals surface area contributed by atoms with Crippen LogP contribution in [0.25, 0.3) is 0 Å². The average molecular weight is 2170 g/mol. The largest absolute Gasteiger partial charge is 0.480 e. The molecule has 2 amide bonds. The van der Waals surface area contributed by atoms with Gasteiger partial charge in [0, 0.05) is 60.6 Å². The summed E-state index contributed by atoms with van der Waals surface area (Å²) in [4.78, 5) is 91.1. The third kappa shape index (κ3) is 42.2. The maximum Gasteiger partial charge on any atom is 0.338 e. The third-order valence-electron chi connectivity index (χ3n) is 13.7. The number of aryl methyl sites for hydroxylation is 2. The quantitative estimate of drug-likeness (QED) is 0.00604. The van der Waals surface area contributed by atoms with Gasteiger partial charge in [0.2, 0.25) is 41.9 Å². The van der Waals surface area contributed by atoms with Gasteiger partial charge >= 0.3 is 35.8 Å². The van der Waals surface area contributed by atoms with Gasteiger partial charge in [0.1, 0.15) is 30.0 Å². The highest BCUT2D eigenvalue weighted by Crippen LogP contribution is 2.19. The fraction of sp³-hybridized carbons (Fsp3) is 0.219. The summed E-state index contributed by atoms with van der Waals surface area (Å²) in [5, 5.41) is 25.7. The SMILES string of the molecule is CCOC(=O)C(CN)NS(=O)(=O)c1ccc(I)cc1.CCOC(=O)c1ccc(C#Cc2cccc(N)c2)cc1.CCOC(=O)c1ccc(CCc2cccc(N)n2)cc1.Cl.NC(=O)CC(N)C(=O)O.NC(=O)CC(NS(=O)(=O)c1ccc(I)cc1)C(=O)O.NCC(NS(=O)(=O)c1ccc(I)cc1)C(=O)O.O=S(=O)(Cl)c1ccc(I)cc1. The number of carboxylic acid groups (broad SMARTS) is 3. The van der Waals surface area contributed by atoms with E-state index in [9.17, 15) is 72.0 Å². The zero-order valence-corrected chi connectivity index (χ0v) is 75.1. The standard InChI is InChI=1S/C17H15NO2.C16H18N2O2.C11H15IN2O4S.C10H11IN2O5S.C9H11IN2O4S.C6H4ClIO2S.C4H8N2O3.ClH/c1-2-20-17(19)15-10-8-13(9-11-15)6-7-14-4-3-5-16(18)12-14;1-2-20-16(19)13-9-6-12(7-10-13)8-11-14-4-3-5-15(17)18-14;1-2-18-11(15)10(7-13)14-19(16,17)9-5-3-8(12)4-6-9;11-6-1-3-7(4-2-6)19(17,18)13-8(10(15)16)5-9(12)14;10-6-1-3-7(4-2-6)17(15,16)12-8(5-11)9(13)14;7-11(9,10)6-3-1-5(8)2-4-6;5-2(4(8)9)1-3(6)7;/h3-5,8-12H,2,18H2,1H3;3-7,9-10H,2,8,11H2,1H3,(H2,17,18);3-6,10,14H,2,7,13H2,1H3;1-4,8,13H,5H2,(H2,12,14)(H,15,16);1-4,8,12H,5,11H2,(H,13,14);1-4H;2H,1,5H2,(H2,6,7)(H,8,9);1H. The van der Waals surface area contributed by atoms with Gasteiger partial charge < -0.3 is 69.7 Å². The molecule has 4 atom stereocenters. The molecule has 0 aliphatic carbocycles. The van der Waals surface area contributed by atoms with E-state index in [4.69, 9.17) is 74.6 Å². The number of carbonyl (C=O) groups is 8. The first-order chi connectivity index (χ1) is 53.9. The lowest BCUT2D eigenvalue weighted by molar-refractivity contribution is -0.145. The number of ether oxygens (including phenoxy) is 3. The van der Waals surface area contributed by atoms with Gasteiger partial charge in [-0.15, -0.1) is 12.4 Å². The zero-order chi connectivity index (χ0) is 86.8. The van der Waals surface area contributed by atoms with Gasteiger partial charge in [-0.1, -0.05) is 36.1 Å². The number of carbonyl (C=O) groups excluding carboxylic acids is 5. The van der Waals surface area contributed by atoms with Crippen LogP contribution in [0.5, 0.6) is 0 Å². The Morgan fingerprint density at radius 1 is 0.466 bits per heavy atom. The number of aromatic nitrogens is 1. The Hall–Kier alpha value is -8.33. The highest BCUT2D eigenvalue weighted by molar-refractivity contribution is 14.1. The number of benzene rings is 7. The molecule has 4 unspecified atom stereocenters. The topological polar surface area (TPSA) is 593 Å². The Balaban J connectivity index is 0.000000685. The van der Waals surface area contributed by atoms with Crippen molar-refractivity contribution in [2.24, 2.45) is 28.7 Å². The number of nitrogens with two attached hydrogens (primary N) is 7. The van der Waals surface area contributed by atoms with Crippen molar-refractivity contribution in [3.63, 3.8) is 0 Å². The molecule has 0 aliphatic heterocycles. The lowest BCUT2D eigenvalue weighted by Crippen LogP contribution is -2.46. The van der Waals surface area contributed by atoms with Crippen molar-refractivity contribution in [2.75, 3.05) is 44.4 Å². The molecule has 0 saturated carbocycles. The number of carboxylic acids is 3. The second-order valence-electron chi connectivity index (χ2n) is 22.6. The summed E-state index contributed by atoms with van der Waals surface area (Å²) < 4.78 is 117. The molecule has 20 N–H and O–H groups in total. The highest BCUT2D eigenvalue weighted by Gasteiger charge is 2.29. The number of hydrogen-bond acceptors (Lipinski definition) is 25. The first-order valence-electron chi connectivity index (χ1n) is 33.1. The summed E-state index contributed by atoms with van der Waals surface area (Å²) in [5.74, 6) is -0.271. The minimum Gasteiger partial charge on any atom is -0.480 e. The lowest BCUT2D eigenvalue weighted by atomic mass is 10.1. The summed E-state index contributed by atoms with van der Waals surface area (Å²) in [6, 6.07) is 46.8. The number of esters is 3. The number of nitrogens with zero attached hydrogens (tertiary/aromatic N) is 1. The Morgan fingerprint density at radius 3 is 1.18 bits per heavy atom. The van der Waals surface area contributed by atoms with Crippen LogP contribution in [0.1, 0.15) is 76.7 Å². The maximum atomic E-state index is 12.0. The number of hydrogen-bond donors (Lipinski definition) is 13. The van der Waals surface area contributed by atoms with E-state index >= 15 is 0 Å². The van der Waals surface area contributed by atoms with Crippen LogP contribution in [0.4, 0.5) is 11.5 Å². The van der Waals surface area contributed by atoms with Gasteiger partial charge in [-0.25, -0.2) is 48.2 Å². The predicted molar refractivity (Wildman–Crippen MR) is 470 cm³/mol. The first kappa shape index (κ1) is 106. The normalized spacial score (nSPS) is 11.6. The average Bonchev–Trinajstić information content (AvgIpc) is 0.831. The molecule has 1 heterocycles. The highest BCUT2D eigenvalue weighted by atomic mass is 127. The fourth-order valence-corrected chi connectivity index (χ4v) is 13.9. The Morgan fingerprint density at radius 2 is 0.836 bits per heavy atom. The summed E-state index contributed by atoms with van der Waals surface area (Å²) >= 11 is 8.20. The molecule has 0 aliphatic rings. The number of nitrogens with one attached hydrogen (secondary N) is 3. The Bertz CT molecular complexity index is 5090. The van der Waals surface area contributed by atoms with Gasteiger partial charge in [0.15, 0.2) is 0 Å². The van der Waals surface area contributed by atoms with E-state index < -0.39 is 105 Å². The molecule has 8 rings (SSSR count). The Kier molecular flexibility index (Phi) is 49.1. The third-order valence-corrected chi connectivity index (χ3v) is 22.4. The number of anilines is 2. The summed E-state index contributed by atoms with van der Waals surface area (Å²) in [5.41, 5.74) is 42.0. The van der Waals surface area contributed by atoms with Crippen molar-refractivity contribution < 1.29 is 102 Å². The molecular formula is C73H83Cl2I4N11O22S4. The van der Waals surface area contributed by atoms with Crippen LogP contribution in [0.2, 0.25) is 0 Å². The second kappa shape index (κ2) is 53.9. The van der Waals surface area contributed by atoms with Crippen molar-refractivity contribution in [3.05, 3.63) is 236 Å². The van der Waals surface area contributed by atoms with E-state index in [0.717, 1.165) is 49.5 Å². The van der Waals surface area contributed by atoms with Crippen molar-refractivity contribution in [2.45, 2.75) is 90.2 Å². The van der Waals surface area contributed by atoms with Crippen LogP contribution in [-0.4, -0.2) is 159 Å². The predicted octanol–water partition coefficient (Wildman–Crippen LogP) is 6.72. The number of sulfonamides is 3. The minimum absolute atomic E-state index is 0. The molecule has 33 nitrogen and oxygen atoms in total. The molecule has 116 heavy (non-hydrogen) atoms. The molecule has 0 bridgehead atoms. The molecule has 0 spiro atoms. The second-order valence-corrected chi connectivity index (χ2v) is 35.3. The van der Waals surface area contributed by atoms with Crippen molar-refractivity contribution in [1.82, 2.24) is 19.2 Å². The number of aliphatic carboxylic acids is 3. The van der Waals surface area contributed by atoms with Gasteiger partial charge in [0.25, 0.3) is 9.05 Å². The van der Waals surface area contributed by atoms with E-state index in [2.05, 4.69) is 72.5 Å². The van der Waals surface area contributed by atoms with E-state index in [1.165, 1.54) is 48.5 Å². The van der Waals surface area contributed by atoms with E-state index in [1.807, 2.05) is 103 Å². The molecule has 7 aromatic carbocycles. The van der Waals surface area contributed by atoms with Crippen LogP contribution in [0.15, 0.2) is 208 Å². The number of nitrogen functional groups attached to an aromatic ring is 2. The minimum atomic E-state index is -4.01. The number of pyridine rings is 1. The van der Waals surface area contributed by atoms with Crippen molar-refractivity contribution in [1.29, 1.82) is 0 Å². The zero-order valence-electron chi connectivity index (χ0n) is 61.6. The van der Waals surface area contributed by atoms with Crippen LogP contribution >= 0.6 is 113 Å². The van der Waals surface area contributed by atoms with E-state index in [1.54, 1.807) is 112 Å². The molecule has 0 radical (unpaired) electrons. The van der Waals surface area contributed by atoms with Gasteiger partial charge in [-0.3, -0.25) is 28.8 Å². The van der Waals surface area contributed by atoms with Crippen LogP contribution < -0.4 is 54.3 Å². The smallest absolute Gasteiger partial charge is 0.338 e. The van der Waals surface area contributed by atoms with Crippen LogP contribution in [-0.2, 0) is 94.9 Å². The van der Waals surface area contributed by atoms with E-state index in [0.29, 0.717) is 35.8 Å². The van der Waals surface area contributed by atoms with Crippen molar-refractivity contribution in [3.8, 4) is 11.8 Å². The number of halogens is 6. The number of rotatable bonds is 28. The molecular weight excluding hydrogens is 2090 g/mol. The Labute approximate surface area is 736 Å². The summed E-state index contributed by atoms with van der Waals surface area (Å²) in [6.45, 7) is 5.67. The van der Waals surface area contributed by atoms with Gasteiger partial charge in [0.05, 0.1) is 63.4 Å². The molecule has 628 valence electrons. The first-order valence-corrected chi connectivity index (χ1v) is 44.2. The van der Waals surface area contributed by atoms with Crippen LogP contribution in [0, 0.1) is 26.1 Å². The molecule has 0 saturated heterocycles. The molecule has 1 aromatic heterocycles. The maximum absolute atomic E-state index is 12.0. The monoisotopic (exact) mass is 2170 g/mol. The fourth-order valence-electron chi connectivity index (χ4n) is 8.12. The molecule has 43 heteroatoms. The number of primary amides is 2. The van der Waals surface area contributed by atoms with Crippen molar-refractivity contribution >= 4 is 212 Å².